The van der Waals surface area contributed by atoms with Gasteiger partial charge in [0.05, 0.1) is 6.34 Å². The van der Waals surface area contributed by atoms with Crippen molar-refractivity contribution in [2.75, 3.05) is 20.4 Å². The average molecular weight is 302 g/mol. The molecular weight excluding hydrogens is 284 g/mol. The molecule has 6 heteroatoms. The first-order valence-corrected chi connectivity index (χ1v) is 7.68. The van der Waals surface area contributed by atoms with Crippen LogP contribution in [0.5, 0.6) is 0 Å². The standard InChI is InChI=1S/C15H18N4OS/c1-11(17-18-15(21-4)16-10-19(2)3)14-9-12-7-5-6-8-13(12)20-14/h5-10H,1-4H3/b16-10+,17-11+,18-15-. The zero-order valence-electron chi connectivity index (χ0n) is 12.6. The number of rotatable bonds is 3. The molecule has 0 atom stereocenters. The summed E-state index contributed by atoms with van der Waals surface area (Å²) in [5.74, 6) is 0.719. The number of para-hydroxylation sites is 1. The van der Waals surface area contributed by atoms with E-state index in [4.69, 9.17) is 4.42 Å². The maximum absolute atomic E-state index is 5.74. The molecule has 2 aromatic rings. The molecule has 0 aliphatic carbocycles. The Morgan fingerprint density at radius 3 is 2.67 bits per heavy atom. The third-order valence-electron chi connectivity index (χ3n) is 2.65. The number of benzene rings is 1. The maximum atomic E-state index is 5.74. The van der Waals surface area contributed by atoms with Gasteiger partial charge < -0.3 is 9.32 Å². The van der Waals surface area contributed by atoms with Gasteiger partial charge in [0.25, 0.3) is 0 Å². The summed E-state index contributed by atoms with van der Waals surface area (Å²) in [7, 11) is 3.81. The minimum Gasteiger partial charge on any atom is -0.455 e. The first-order valence-electron chi connectivity index (χ1n) is 6.46. The van der Waals surface area contributed by atoms with Crippen molar-refractivity contribution in [3.63, 3.8) is 0 Å². The highest BCUT2D eigenvalue weighted by Crippen LogP contribution is 2.19. The predicted octanol–water partition coefficient (Wildman–Crippen LogP) is 3.47. The summed E-state index contributed by atoms with van der Waals surface area (Å²) < 4.78 is 5.74. The molecule has 0 N–H and O–H groups in total. The molecule has 0 fully saturated rings. The molecule has 21 heavy (non-hydrogen) atoms. The average Bonchev–Trinajstić information content (AvgIpc) is 2.91. The Kier molecular flexibility index (Phi) is 5.16. The number of nitrogens with zero attached hydrogens (tertiary/aromatic N) is 4. The third-order valence-corrected chi connectivity index (χ3v) is 3.20. The first kappa shape index (κ1) is 15.3. The Bertz CT molecular complexity index is 668. The Morgan fingerprint density at radius 2 is 2.00 bits per heavy atom. The van der Waals surface area contributed by atoms with E-state index in [9.17, 15) is 0 Å². The smallest absolute Gasteiger partial charge is 0.210 e. The van der Waals surface area contributed by atoms with Crippen LogP contribution in [-0.2, 0) is 0 Å². The zero-order valence-corrected chi connectivity index (χ0v) is 13.4. The Balaban J connectivity index is 2.23. The van der Waals surface area contributed by atoms with Gasteiger partial charge in [0, 0.05) is 19.5 Å². The second-order valence-corrected chi connectivity index (χ2v) is 5.40. The third kappa shape index (κ3) is 4.19. The van der Waals surface area contributed by atoms with Gasteiger partial charge in [0.1, 0.15) is 11.3 Å². The van der Waals surface area contributed by atoms with Gasteiger partial charge in [-0.05, 0) is 25.3 Å². The lowest BCUT2D eigenvalue weighted by atomic mass is 10.2. The molecule has 1 aromatic heterocycles. The summed E-state index contributed by atoms with van der Waals surface area (Å²) >= 11 is 1.44. The van der Waals surface area contributed by atoms with Crippen molar-refractivity contribution in [1.29, 1.82) is 0 Å². The molecule has 0 saturated heterocycles. The fourth-order valence-electron chi connectivity index (χ4n) is 1.61. The van der Waals surface area contributed by atoms with Gasteiger partial charge >= 0.3 is 0 Å². The Hall–Kier alpha value is -2.08. The van der Waals surface area contributed by atoms with Crippen LogP contribution in [0.1, 0.15) is 12.7 Å². The lowest BCUT2D eigenvalue weighted by Crippen LogP contribution is -2.08. The number of amidine groups is 1. The lowest BCUT2D eigenvalue weighted by molar-refractivity contribution is 0.604. The molecule has 110 valence electrons. The lowest BCUT2D eigenvalue weighted by Gasteiger charge is -2.01. The van der Waals surface area contributed by atoms with Crippen molar-refractivity contribution in [1.82, 2.24) is 4.90 Å². The number of aliphatic imine (C=N–C) groups is 1. The van der Waals surface area contributed by atoms with Gasteiger partial charge in [-0.25, -0.2) is 4.99 Å². The van der Waals surface area contributed by atoms with Crippen LogP contribution in [0.3, 0.4) is 0 Å². The SMILES string of the molecule is CSC(=N\N=C(/C)c1cc2ccccc2o1)/N=C/N(C)C. The summed E-state index contributed by atoms with van der Waals surface area (Å²) in [5.41, 5.74) is 1.57. The van der Waals surface area contributed by atoms with Crippen LogP contribution >= 0.6 is 11.8 Å². The number of hydrogen-bond donors (Lipinski definition) is 0. The van der Waals surface area contributed by atoms with Crippen LogP contribution in [0, 0.1) is 0 Å². The molecule has 2 rings (SSSR count). The molecule has 0 bridgehead atoms. The van der Waals surface area contributed by atoms with E-state index in [1.54, 1.807) is 6.34 Å². The molecule has 0 radical (unpaired) electrons. The maximum Gasteiger partial charge on any atom is 0.210 e. The Morgan fingerprint density at radius 1 is 1.24 bits per heavy atom. The van der Waals surface area contributed by atoms with E-state index in [0.29, 0.717) is 5.17 Å². The molecule has 0 amide bonds. The normalized spacial score (nSPS) is 13.3. The van der Waals surface area contributed by atoms with Crippen molar-refractivity contribution in [3.05, 3.63) is 36.1 Å². The summed E-state index contributed by atoms with van der Waals surface area (Å²) in [6, 6.07) is 9.83. The summed E-state index contributed by atoms with van der Waals surface area (Å²) in [6.45, 7) is 1.87. The van der Waals surface area contributed by atoms with Gasteiger partial charge in [-0.3, -0.25) is 0 Å². The van der Waals surface area contributed by atoms with Gasteiger partial charge in [-0.15, -0.1) is 10.2 Å². The molecule has 0 saturated carbocycles. The van der Waals surface area contributed by atoms with E-state index in [2.05, 4.69) is 15.2 Å². The molecule has 5 nitrogen and oxygen atoms in total. The second kappa shape index (κ2) is 7.08. The van der Waals surface area contributed by atoms with Crippen LogP contribution in [0.2, 0.25) is 0 Å². The quantitative estimate of drug-likeness (QED) is 0.495. The molecule has 0 aliphatic heterocycles. The number of thioether (sulfide) groups is 1. The van der Waals surface area contributed by atoms with Crippen LogP contribution in [0.15, 0.2) is 49.9 Å². The predicted molar refractivity (Wildman–Crippen MR) is 91.6 cm³/mol. The number of furan rings is 1. The van der Waals surface area contributed by atoms with Crippen molar-refractivity contribution in [2.24, 2.45) is 15.2 Å². The van der Waals surface area contributed by atoms with Crippen LogP contribution in [0.4, 0.5) is 0 Å². The highest BCUT2D eigenvalue weighted by molar-refractivity contribution is 8.13. The van der Waals surface area contributed by atoms with Crippen LogP contribution in [-0.4, -0.2) is 42.5 Å². The van der Waals surface area contributed by atoms with E-state index in [0.717, 1.165) is 22.4 Å². The monoisotopic (exact) mass is 302 g/mol. The fourth-order valence-corrected chi connectivity index (χ4v) is 1.89. The minimum atomic E-state index is 0.596. The molecule has 1 heterocycles. The molecular formula is C15H18N4OS. The van der Waals surface area contributed by atoms with E-state index in [1.165, 1.54) is 11.8 Å². The number of fused-ring (bicyclic) bond motifs is 1. The van der Waals surface area contributed by atoms with Gasteiger partial charge in [0.2, 0.25) is 5.17 Å². The van der Waals surface area contributed by atoms with E-state index in [-0.39, 0.29) is 0 Å². The first-order chi connectivity index (χ1) is 10.1. The van der Waals surface area contributed by atoms with Crippen molar-refractivity contribution in [2.45, 2.75) is 6.92 Å². The largest absolute Gasteiger partial charge is 0.455 e. The van der Waals surface area contributed by atoms with Crippen LogP contribution < -0.4 is 0 Å². The van der Waals surface area contributed by atoms with E-state index < -0.39 is 0 Å². The van der Waals surface area contributed by atoms with E-state index >= 15 is 0 Å². The topological polar surface area (TPSA) is 53.5 Å². The highest BCUT2D eigenvalue weighted by atomic mass is 32.2. The van der Waals surface area contributed by atoms with Gasteiger partial charge in [0.15, 0.2) is 5.76 Å². The summed E-state index contributed by atoms with van der Waals surface area (Å²) in [4.78, 5) is 6.08. The molecule has 0 unspecified atom stereocenters. The summed E-state index contributed by atoms with van der Waals surface area (Å²) in [6.07, 6.45) is 3.61. The second-order valence-electron chi connectivity index (χ2n) is 4.63. The molecule has 0 spiro atoms. The minimum absolute atomic E-state index is 0.596. The summed E-state index contributed by atoms with van der Waals surface area (Å²) in [5, 5.41) is 9.99. The Labute approximate surface area is 128 Å². The van der Waals surface area contributed by atoms with Crippen LogP contribution in [0.25, 0.3) is 11.0 Å². The zero-order chi connectivity index (χ0) is 15.2. The fraction of sp³-hybridized carbons (Fsp3) is 0.267. The van der Waals surface area contributed by atoms with Gasteiger partial charge in [-0.1, -0.05) is 30.0 Å². The van der Waals surface area contributed by atoms with E-state index in [1.807, 2.05) is 62.5 Å². The highest BCUT2D eigenvalue weighted by Gasteiger charge is 2.05. The van der Waals surface area contributed by atoms with Crippen molar-refractivity contribution < 1.29 is 4.42 Å². The van der Waals surface area contributed by atoms with Gasteiger partial charge in [-0.2, -0.15) is 0 Å². The van der Waals surface area contributed by atoms with Crippen molar-refractivity contribution >= 4 is 39.9 Å². The van der Waals surface area contributed by atoms with Crippen molar-refractivity contribution in [3.8, 4) is 0 Å². The molecule has 0 aliphatic rings. The number of hydrogen-bond acceptors (Lipinski definition) is 4. The molecule has 1 aromatic carbocycles.